The van der Waals surface area contributed by atoms with Crippen LogP contribution in [0.25, 0.3) is 0 Å². The average molecular weight is 421 g/mol. The van der Waals surface area contributed by atoms with Gasteiger partial charge < -0.3 is 14.6 Å². The van der Waals surface area contributed by atoms with E-state index in [4.69, 9.17) is 9.47 Å². The van der Waals surface area contributed by atoms with Gasteiger partial charge in [0.25, 0.3) is 5.91 Å². The van der Waals surface area contributed by atoms with Gasteiger partial charge >= 0.3 is 0 Å². The Labute approximate surface area is 182 Å². The van der Waals surface area contributed by atoms with Crippen LogP contribution in [0.3, 0.4) is 0 Å². The summed E-state index contributed by atoms with van der Waals surface area (Å²) in [5.41, 5.74) is 2.54. The Hall–Kier alpha value is -3.28. The largest absolute Gasteiger partial charge is 0.503 e. The van der Waals surface area contributed by atoms with Crippen molar-refractivity contribution in [2.45, 2.75) is 45.6 Å². The molecule has 162 valence electrons. The normalized spacial score (nSPS) is 18.5. The molecule has 1 N–H and O–H groups in total. The lowest BCUT2D eigenvalue weighted by Crippen LogP contribution is -2.31. The van der Waals surface area contributed by atoms with Crippen molar-refractivity contribution in [1.82, 2.24) is 0 Å². The van der Waals surface area contributed by atoms with E-state index in [2.05, 4.69) is 20.8 Å². The number of hydrogen-bond donors (Lipinski definition) is 1. The van der Waals surface area contributed by atoms with Crippen molar-refractivity contribution in [1.29, 1.82) is 0 Å². The number of rotatable bonds is 4. The number of amides is 1. The number of fused-ring (bicyclic) bond motifs is 1. The highest BCUT2D eigenvalue weighted by molar-refractivity contribution is 6.16. The number of nitrogens with zero attached hydrogens (tertiary/aromatic N) is 1. The van der Waals surface area contributed by atoms with Crippen LogP contribution >= 0.6 is 0 Å². The summed E-state index contributed by atoms with van der Waals surface area (Å²) in [4.78, 5) is 27.3. The molecule has 2 heterocycles. The number of carbonyl (C=O) groups is 2. The van der Waals surface area contributed by atoms with Gasteiger partial charge in [-0.2, -0.15) is 0 Å². The first kappa shape index (κ1) is 21.0. The maximum absolute atomic E-state index is 13.1. The molecule has 0 saturated carbocycles. The van der Waals surface area contributed by atoms with E-state index < -0.39 is 17.7 Å². The van der Waals surface area contributed by atoms with Crippen LogP contribution in [0, 0.1) is 0 Å². The first-order valence-electron chi connectivity index (χ1n) is 10.5. The predicted molar refractivity (Wildman–Crippen MR) is 118 cm³/mol. The van der Waals surface area contributed by atoms with Crippen LogP contribution in [0.1, 0.15) is 51.3 Å². The molecule has 2 aromatic carbocycles. The molecule has 2 aromatic rings. The summed E-state index contributed by atoms with van der Waals surface area (Å²) in [7, 11) is 0. The van der Waals surface area contributed by atoms with Crippen molar-refractivity contribution in [2.24, 2.45) is 0 Å². The van der Waals surface area contributed by atoms with Gasteiger partial charge in [0.1, 0.15) is 13.2 Å². The first-order valence-corrected chi connectivity index (χ1v) is 10.5. The molecule has 2 aliphatic heterocycles. The molecule has 1 atom stereocenters. The fourth-order valence-electron chi connectivity index (χ4n) is 4.01. The Bertz CT molecular complexity index is 1060. The molecular formula is C25H27NO5. The second-order valence-corrected chi connectivity index (χ2v) is 8.82. The molecule has 2 aliphatic rings. The molecule has 0 fully saturated rings. The molecular weight excluding hydrogens is 394 g/mol. The highest BCUT2D eigenvalue weighted by Gasteiger charge is 2.44. The standard InChI is InChI=1S/C25H27NO5/c1-5-18(27)21-22(15-6-8-16(9-7-15)25(2,3)4)26(24(29)23(21)28)17-10-11-19-20(14-17)31-13-12-30-19/h6-11,14,22,28H,5,12-13H2,1-4H3. The highest BCUT2D eigenvalue weighted by atomic mass is 16.6. The predicted octanol–water partition coefficient (Wildman–Crippen LogP) is 4.63. The summed E-state index contributed by atoms with van der Waals surface area (Å²) in [6.07, 6.45) is 0.193. The van der Waals surface area contributed by atoms with Crippen LogP contribution in [-0.4, -0.2) is 30.0 Å². The number of ketones is 1. The van der Waals surface area contributed by atoms with E-state index in [9.17, 15) is 14.7 Å². The summed E-state index contributed by atoms with van der Waals surface area (Å²) < 4.78 is 11.2. The third kappa shape index (κ3) is 3.67. The Morgan fingerprint density at radius 2 is 1.71 bits per heavy atom. The summed E-state index contributed by atoms with van der Waals surface area (Å²) in [5, 5.41) is 10.7. The van der Waals surface area contributed by atoms with Crippen molar-refractivity contribution in [2.75, 3.05) is 18.1 Å². The second kappa shape index (κ2) is 7.76. The molecule has 0 spiro atoms. The Morgan fingerprint density at radius 3 is 2.32 bits per heavy atom. The van der Waals surface area contributed by atoms with Gasteiger partial charge in [-0.3, -0.25) is 14.5 Å². The van der Waals surface area contributed by atoms with Gasteiger partial charge in [0.15, 0.2) is 23.0 Å². The van der Waals surface area contributed by atoms with E-state index in [1.54, 1.807) is 25.1 Å². The van der Waals surface area contributed by atoms with Crippen LogP contribution in [0.2, 0.25) is 0 Å². The quantitative estimate of drug-likeness (QED) is 0.779. The van der Waals surface area contributed by atoms with Crippen LogP contribution < -0.4 is 14.4 Å². The fraction of sp³-hybridized carbons (Fsp3) is 0.360. The summed E-state index contributed by atoms with van der Waals surface area (Å²) in [6.45, 7) is 8.99. The van der Waals surface area contributed by atoms with Crippen LogP contribution in [0.4, 0.5) is 5.69 Å². The van der Waals surface area contributed by atoms with E-state index in [1.807, 2.05) is 24.3 Å². The van der Waals surface area contributed by atoms with Crippen molar-refractivity contribution in [3.8, 4) is 11.5 Å². The lowest BCUT2D eigenvalue weighted by Gasteiger charge is -2.29. The maximum atomic E-state index is 13.1. The Balaban J connectivity index is 1.82. The smallest absolute Gasteiger partial charge is 0.294 e. The van der Waals surface area contributed by atoms with E-state index in [0.717, 1.165) is 11.1 Å². The van der Waals surface area contributed by atoms with Gasteiger partial charge in [-0.25, -0.2) is 0 Å². The van der Waals surface area contributed by atoms with Crippen molar-refractivity contribution in [3.05, 3.63) is 64.9 Å². The number of hydrogen-bond acceptors (Lipinski definition) is 5. The second-order valence-electron chi connectivity index (χ2n) is 8.82. The third-order valence-corrected chi connectivity index (χ3v) is 5.73. The zero-order valence-electron chi connectivity index (χ0n) is 18.3. The van der Waals surface area contributed by atoms with Crippen molar-refractivity contribution >= 4 is 17.4 Å². The van der Waals surface area contributed by atoms with E-state index in [0.29, 0.717) is 30.4 Å². The molecule has 6 nitrogen and oxygen atoms in total. The van der Waals surface area contributed by atoms with Gasteiger partial charge in [0, 0.05) is 18.2 Å². The minimum absolute atomic E-state index is 0.0282. The number of benzene rings is 2. The van der Waals surface area contributed by atoms with Gasteiger partial charge in [0.05, 0.1) is 11.6 Å². The maximum Gasteiger partial charge on any atom is 0.294 e. The first-order chi connectivity index (χ1) is 14.7. The third-order valence-electron chi connectivity index (χ3n) is 5.73. The molecule has 4 rings (SSSR count). The molecule has 0 bridgehead atoms. The molecule has 0 aliphatic carbocycles. The number of Topliss-reactive ketones (excluding diaryl/α,β-unsaturated/α-hetero) is 1. The Kier molecular flexibility index (Phi) is 5.25. The van der Waals surface area contributed by atoms with Crippen LogP contribution in [-0.2, 0) is 15.0 Å². The number of carbonyl (C=O) groups excluding carboxylic acids is 2. The number of aliphatic hydroxyl groups excluding tert-OH is 1. The molecule has 1 unspecified atom stereocenters. The van der Waals surface area contributed by atoms with Crippen molar-refractivity contribution < 1.29 is 24.2 Å². The number of anilines is 1. The molecule has 31 heavy (non-hydrogen) atoms. The minimum Gasteiger partial charge on any atom is -0.503 e. The minimum atomic E-state index is -0.712. The van der Waals surface area contributed by atoms with Crippen LogP contribution in [0.5, 0.6) is 11.5 Å². The molecule has 0 aromatic heterocycles. The summed E-state index contributed by atoms with van der Waals surface area (Å²) in [5.74, 6) is -0.205. The van der Waals surface area contributed by atoms with E-state index >= 15 is 0 Å². The summed E-state index contributed by atoms with van der Waals surface area (Å²) in [6, 6.07) is 12.3. The van der Waals surface area contributed by atoms with E-state index in [1.165, 1.54) is 4.90 Å². The van der Waals surface area contributed by atoms with E-state index in [-0.39, 0.29) is 23.2 Å². The topological polar surface area (TPSA) is 76.1 Å². The molecule has 0 saturated heterocycles. The van der Waals surface area contributed by atoms with Gasteiger partial charge in [0.2, 0.25) is 0 Å². The molecule has 1 amide bonds. The zero-order valence-corrected chi connectivity index (χ0v) is 18.3. The highest BCUT2D eigenvalue weighted by Crippen LogP contribution is 2.44. The lowest BCUT2D eigenvalue weighted by molar-refractivity contribution is -0.118. The Morgan fingerprint density at radius 1 is 1.06 bits per heavy atom. The van der Waals surface area contributed by atoms with Crippen LogP contribution in [0.15, 0.2) is 53.8 Å². The van der Waals surface area contributed by atoms with Crippen molar-refractivity contribution in [3.63, 3.8) is 0 Å². The average Bonchev–Trinajstić information content (AvgIpc) is 3.03. The summed E-state index contributed by atoms with van der Waals surface area (Å²) >= 11 is 0. The van der Waals surface area contributed by atoms with Gasteiger partial charge in [-0.1, -0.05) is 52.0 Å². The number of aliphatic hydroxyl groups is 1. The molecule has 0 radical (unpaired) electrons. The van der Waals surface area contributed by atoms with Gasteiger partial charge in [-0.15, -0.1) is 0 Å². The zero-order chi connectivity index (χ0) is 22.3. The fourth-order valence-corrected chi connectivity index (χ4v) is 4.01. The number of ether oxygens (including phenoxy) is 2. The SMILES string of the molecule is CCC(=O)C1=C(O)C(=O)N(c2ccc3c(c2)OCCO3)C1c1ccc(C(C)(C)C)cc1. The lowest BCUT2D eigenvalue weighted by atomic mass is 9.85. The monoisotopic (exact) mass is 421 g/mol. The van der Waals surface area contributed by atoms with Gasteiger partial charge in [-0.05, 0) is 28.7 Å². The molecule has 6 heteroatoms.